The fourth-order valence-electron chi connectivity index (χ4n) is 3.33. The highest BCUT2D eigenvalue weighted by Gasteiger charge is 2.28. The summed E-state index contributed by atoms with van der Waals surface area (Å²) in [6.45, 7) is 0.366. The molecule has 1 unspecified atom stereocenters. The van der Waals surface area contributed by atoms with Crippen molar-refractivity contribution in [3.05, 3.63) is 46.2 Å². The first-order valence-corrected chi connectivity index (χ1v) is 10.4. The molecule has 2 amide bonds. The number of nitriles is 1. The van der Waals surface area contributed by atoms with Gasteiger partial charge in [-0.3, -0.25) is 4.79 Å². The minimum absolute atomic E-state index is 0.222. The Kier molecular flexibility index (Phi) is 5.67. The minimum atomic E-state index is -0.349. The van der Waals surface area contributed by atoms with Gasteiger partial charge in [-0.15, -0.1) is 11.3 Å². The molecule has 0 aliphatic heterocycles. The first-order valence-electron chi connectivity index (χ1n) is 9.63. The number of ether oxygens (including phenoxy) is 1. The Labute approximate surface area is 172 Å². The number of rotatable bonds is 6. The second kappa shape index (κ2) is 8.53. The zero-order valence-electron chi connectivity index (χ0n) is 15.8. The molecule has 0 bridgehead atoms. The summed E-state index contributed by atoms with van der Waals surface area (Å²) in [6.07, 6.45) is 8.53. The predicted octanol–water partition coefficient (Wildman–Crippen LogP) is 3.86. The van der Waals surface area contributed by atoms with Crippen LogP contribution in [0.2, 0.25) is 0 Å². The zero-order chi connectivity index (χ0) is 20.2. The lowest BCUT2D eigenvalue weighted by Gasteiger charge is -2.21. The summed E-state index contributed by atoms with van der Waals surface area (Å²) in [5.74, 6) is 0.493. The van der Waals surface area contributed by atoms with E-state index in [9.17, 15) is 14.9 Å². The van der Waals surface area contributed by atoms with Crippen LogP contribution in [-0.2, 0) is 22.4 Å². The van der Waals surface area contributed by atoms with Crippen molar-refractivity contribution >= 4 is 34.4 Å². The average molecular weight is 411 g/mol. The molecule has 29 heavy (non-hydrogen) atoms. The number of carbonyl (C=O) groups excluding carboxylic acids is 2. The van der Waals surface area contributed by atoms with Crippen molar-refractivity contribution < 1.29 is 18.7 Å². The van der Waals surface area contributed by atoms with Crippen molar-refractivity contribution in [1.82, 2.24) is 5.32 Å². The van der Waals surface area contributed by atoms with Crippen LogP contribution in [-0.4, -0.2) is 24.6 Å². The Morgan fingerprint density at radius 2 is 2.24 bits per heavy atom. The molecule has 1 fully saturated rings. The van der Waals surface area contributed by atoms with Gasteiger partial charge < -0.3 is 19.8 Å². The summed E-state index contributed by atoms with van der Waals surface area (Å²) < 4.78 is 10.5. The van der Waals surface area contributed by atoms with Crippen molar-refractivity contribution in [2.45, 2.75) is 38.1 Å². The van der Waals surface area contributed by atoms with Crippen LogP contribution in [0, 0.1) is 17.2 Å². The van der Waals surface area contributed by atoms with Crippen LogP contribution in [0.1, 0.15) is 41.0 Å². The van der Waals surface area contributed by atoms with Crippen molar-refractivity contribution in [2.24, 2.45) is 5.92 Å². The Hall–Kier alpha value is -3.05. The van der Waals surface area contributed by atoms with Crippen LogP contribution in [0.5, 0.6) is 0 Å². The van der Waals surface area contributed by atoms with E-state index < -0.39 is 0 Å². The number of hydrogen-bond acceptors (Lipinski definition) is 6. The van der Waals surface area contributed by atoms with E-state index in [0.29, 0.717) is 22.9 Å². The van der Waals surface area contributed by atoms with E-state index in [2.05, 4.69) is 16.7 Å². The molecule has 2 N–H and O–H groups in total. The first-order chi connectivity index (χ1) is 14.1. The summed E-state index contributed by atoms with van der Waals surface area (Å²) in [5.41, 5.74) is 1.54. The lowest BCUT2D eigenvalue weighted by Crippen LogP contribution is -2.29. The van der Waals surface area contributed by atoms with Crippen molar-refractivity contribution in [3.63, 3.8) is 0 Å². The van der Waals surface area contributed by atoms with Gasteiger partial charge in [0, 0.05) is 17.0 Å². The van der Waals surface area contributed by atoms with Gasteiger partial charge in [0.05, 0.1) is 18.4 Å². The average Bonchev–Trinajstić information content (AvgIpc) is 3.24. The standard InChI is InChI=1S/C21H21N3O4S/c22-11-17-16-7-3-13(12-28-21(26)23-14-4-5-14)10-18(16)29-20(17)24-19(25)8-6-15-2-1-9-27-15/h1-2,6,8-9,13-14H,3-5,7,10,12H2,(H,23,26)(H,24,25). The van der Waals surface area contributed by atoms with Gasteiger partial charge in [0.2, 0.25) is 5.91 Å². The largest absolute Gasteiger partial charge is 0.465 e. The summed E-state index contributed by atoms with van der Waals surface area (Å²) in [4.78, 5) is 25.0. The second-order valence-corrected chi connectivity index (χ2v) is 8.39. The molecule has 2 heterocycles. The Bertz CT molecular complexity index is 967. The monoisotopic (exact) mass is 411 g/mol. The normalized spacial score (nSPS) is 18.1. The van der Waals surface area contributed by atoms with Crippen molar-refractivity contribution in [3.8, 4) is 6.07 Å². The molecular formula is C21H21N3O4S. The highest BCUT2D eigenvalue weighted by molar-refractivity contribution is 7.16. The van der Waals surface area contributed by atoms with E-state index >= 15 is 0 Å². The third kappa shape index (κ3) is 4.87. The fraction of sp³-hybridized carbons (Fsp3) is 0.381. The lowest BCUT2D eigenvalue weighted by molar-refractivity contribution is -0.111. The Balaban J connectivity index is 1.37. The van der Waals surface area contributed by atoms with Gasteiger partial charge in [0.25, 0.3) is 0 Å². The van der Waals surface area contributed by atoms with Gasteiger partial charge in [0.15, 0.2) is 0 Å². The van der Waals surface area contributed by atoms with Crippen molar-refractivity contribution in [2.75, 3.05) is 11.9 Å². The topological polar surface area (TPSA) is 104 Å². The third-order valence-corrected chi connectivity index (χ3v) is 6.18. The molecule has 0 aromatic carbocycles. The molecule has 2 aliphatic carbocycles. The highest BCUT2D eigenvalue weighted by Crippen LogP contribution is 2.39. The molecule has 1 atom stereocenters. The number of nitrogens with zero attached hydrogens (tertiary/aromatic N) is 1. The van der Waals surface area contributed by atoms with Crippen LogP contribution in [0.15, 0.2) is 28.9 Å². The van der Waals surface area contributed by atoms with E-state index in [1.54, 1.807) is 18.2 Å². The summed E-state index contributed by atoms with van der Waals surface area (Å²) in [6, 6.07) is 6.01. The SMILES string of the molecule is N#Cc1c(NC(=O)C=Cc2ccco2)sc2c1CCC(COC(=O)NC1CC1)C2. The maximum absolute atomic E-state index is 12.2. The second-order valence-electron chi connectivity index (χ2n) is 7.28. The number of furan rings is 1. The molecule has 2 aromatic heterocycles. The molecule has 150 valence electrons. The summed E-state index contributed by atoms with van der Waals surface area (Å²) in [7, 11) is 0. The molecule has 1 saturated carbocycles. The van der Waals surface area contributed by atoms with Crippen molar-refractivity contribution in [1.29, 1.82) is 5.26 Å². The van der Waals surface area contributed by atoms with Gasteiger partial charge in [-0.2, -0.15) is 5.26 Å². The van der Waals surface area contributed by atoms with Crippen LogP contribution in [0.4, 0.5) is 9.80 Å². The minimum Gasteiger partial charge on any atom is -0.465 e. The smallest absolute Gasteiger partial charge is 0.407 e. The van der Waals surface area contributed by atoms with Gasteiger partial charge in [0.1, 0.15) is 16.8 Å². The maximum Gasteiger partial charge on any atom is 0.407 e. The van der Waals surface area contributed by atoms with Crippen LogP contribution in [0.3, 0.4) is 0 Å². The number of hydrogen-bond donors (Lipinski definition) is 2. The van der Waals surface area contributed by atoms with Crippen LogP contribution >= 0.6 is 11.3 Å². The predicted molar refractivity (Wildman–Crippen MR) is 108 cm³/mol. The number of alkyl carbamates (subject to hydrolysis) is 1. The quantitative estimate of drug-likeness (QED) is 0.703. The summed E-state index contributed by atoms with van der Waals surface area (Å²) in [5, 5.41) is 15.8. The van der Waals surface area contributed by atoms with Gasteiger partial charge in [-0.25, -0.2) is 4.79 Å². The van der Waals surface area contributed by atoms with Gasteiger partial charge in [-0.05, 0) is 61.8 Å². The molecule has 0 radical (unpaired) electrons. The number of anilines is 1. The molecule has 7 nitrogen and oxygen atoms in total. The Morgan fingerprint density at radius 1 is 1.38 bits per heavy atom. The van der Waals surface area contributed by atoms with Crippen LogP contribution < -0.4 is 10.6 Å². The van der Waals surface area contributed by atoms with E-state index in [-0.39, 0.29) is 24.0 Å². The number of thiophene rings is 1. The molecule has 0 saturated heterocycles. The zero-order valence-corrected chi connectivity index (χ0v) is 16.6. The van der Waals surface area contributed by atoms with E-state index in [0.717, 1.165) is 42.5 Å². The molecule has 0 spiro atoms. The molecular weight excluding hydrogens is 390 g/mol. The molecule has 8 heteroatoms. The first kappa shape index (κ1) is 19.3. The number of carbonyl (C=O) groups is 2. The van der Waals surface area contributed by atoms with E-state index in [1.807, 2.05) is 0 Å². The number of fused-ring (bicyclic) bond motifs is 1. The van der Waals surface area contributed by atoms with Crippen LogP contribution in [0.25, 0.3) is 6.08 Å². The lowest BCUT2D eigenvalue weighted by atomic mass is 9.88. The molecule has 4 rings (SSSR count). The summed E-state index contributed by atoms with van der Waals surface area (Å²) >= 11 is 1.43. The third-order valence-electron chi connectivity index (χ3n) is 5.01. The Morgan fingerprint density at radius 3 is 2.97 bits per heavy atom. The van der Waals surface area contributed by atoms with E-state index in [4.69, 9.17) is 9.15 Å². The van der Waals surface area contributed by atoms with Gasteiger partial charge in [-0.1, -0.05) is 0 Å². The maximum atomic E-state index is 12.2. The van der Waals surface area contributed by atoms with E-state index in [1.165, 1.54) is 23.7 Å². The number of nitrogens with one attached hydrogen (secondary N) is 2. The fourth-order valence-corrected chi connectivity index (χ4v) is 4.65. The number of amides is 2. The van der Waals surface area contributed by atoms with Gasteiger partial charge >= 0.3 is 6.09 Å². The molecule has 2 aromatic rings. The molecule has 2 aliphatic rings. The highest BCUT2D eigenvalue weighted by atomic mass is 32.1.